The summed E-state index contributed by atoms with van der Waals surface area (Å²) in [5.41, 5.74) is 0. The van der Waals surface area contributed by atoms with E-state index in [9.17, 15) is 9.18 Å². The predicted octanol–water partition coefficient (Wildman–Crippen LogP) is 4.56. The van der Waals surface area contributed by atoms with Crippen LogP contribution in [0.4, 0.5) is 4.39 Å². The van der Waals surface area contributed by atoms with Gasteiger partial charge in [0.2, 0.25) is 5.78 Å². The van der Waals surface area contributed by atoms with Crippen molar-refractivity contribution < 1.29 is 13.9 Å². The van der Waals surface area contributed by atoms with Crippen LogP contribution in [-0.4, -0.2) is 12.4 Å². The molecule has 0 aliphatic heterocycles. The quantitative estimate of drug-likeness (QED) is 0.756. The van der Waals surface area contributed by atoms with Gasteiger partial charge in [-0.2, -0.15) is 0 Å². The number of ether oxygens (including phenoxy) is 1. The summed E-state index contributed by atoms with van der Waals surface area (Å²) in [4.78, 5) is 12.3. The first-order chi connectivity index (χ1) is 8.56. The lowest BCUT2D eigenvalue weighted by molar-refractivity contribution is 0.0925. The highest BCUT2D eigenvalue weighted by Gasteiger charge is 2.10. The Kier molecular flexibility index (Phi) is 4.37. The van der Waals surface area contributed by atoms with Gasteiger partial charge in [0.05, 0.1) is 13.7 Å². The average Bonchev–Trinajstić information content (AvgIpc) is 2.77. The molecule has 6 heteroatoms. The SMILES string of the molecule is O=C(COc1ccc(F)c(Br)c1)c1ccc(Cl)s1. The highest BCUT2D eigenvalue weighted by atomic mass is 79.9. The van der Waals surface area contributed by atoms with Gasteiger partial charge in [-0.15, -0.1) is 11.3 Å². The third-order valence-electron chi connectivity index (χ3n) is 2.11. The van der Waals surface area contributed by atoms with Gasteiger partial charge >= 0.3 is 0 Å². The fourth-order valence-electron chi connectivity index (χ4n) is 1.25. The van der Waals surface area contributed by atoms with Crippen LogP contribution in [0.15, 0.2) is 34.8 Å². The van der Waals surface area contributed by atoms with Crippen LogP contribution < -0.4 is 4.74 Å². The zero-order valence-corrected chi connectivity index (χ0v) is 12.1. The number of benzene rings is 1. The summed E-state index contributed by atoms with van der Waals surface area (Å²) in [7, 11) is 0. The molecule has 0 unspecified atom stereocenters. The average molecular weight is 350 g/mol. The maximum absolute atomic E-state index is 13.0. The second kappa shape index (κ2) is 5.82. The summed E-state index contributed by atoms with van der Waals surface area (Å²) in [5.74, 6) is -0.106. The molecule has 0 spiro atoms. The van der Waals surface area contributed by atoms with Gasteiger partial charge in [0.25, 0.3) is 0 Å². The number of ketones is 1. The summed E-state index contributed by atoms with van der Waals surface area (Å²) in [6, 6.07) is 7.53. The van der Waals surface area contributed by atoms with Crippen molar-refractivity contribution in [2.24, 2.45) is 0 Å². The molecular weight excluding hydrogens is 343 g/mol. The zero-order valence-electron chi connectivity index (χ0n) is 8.95. The minimum Gasteiger partial charge on any atom is -0.485 e. The molecule has 0 radical (unpaired) electrons. The van der Waals surface area contributed by atoms with E-state index in [1.807, 2.05) is 0 Å². The Labute approximate surface area is 120 Å². The van der Waals surface area contributed by atoms with Gasteiger partial charge in [-0.1, -0.05) is 11.6 Å². The summed E-state index contributed by atoms with van der Waals surface area (Å²) in [6.07, 6.45) is 0. The number of rotatable bonds is 4. The van der Waals surface area contributed by atoms with Crippen molar-refractivity contribution in [3.63, 3.8) is 0 Å². The molecule has 0 N–H and O–H groups in total. The number of carbonyl (C=O) groups is 1. The van der Waals surface area contributed by atoms with Crippen LogP contribution in [0.25, 0.3) is 0 Å². The molecule has 1 aromatic heterocycles. The summed E-state index contributed by atoms with van der Waals surface area (Å²) in [5, 5.41) is 0. The summed E-state index contributed by atoms with van der Waals surface area (Å²) in [6.45, 7) is -0.102. The van der Waals surface area contributed by atoms with Crippen molar-refractivity contribution in [2.45, 2.75) is 0 Å². The highest BCUT2D eigenvalue weighted by molar-refractivity contribution is 9.10. The van der Waals surface area contributed by atoms with Gasteiger partial charge in [-0.3, -0.25) is 4.79 Å². The number of thiophene rings is 1. The molecule has 0 bridgehead atoms. The Morgan fingerprint density at radius 3 is 2.78 bits per heavy atom. The second-order valence-corrected chi connectivity index (χ2v) is 5.96. The molecule has 2 nitrogen and oxygen atoms in total. The lowest BCUT2D eigenvalue weighted by Crippen LogP contribution is -2.10. The maximum atomic E-state index is 13.0. The first kappa shape index (κ1) is 13.5. The molecule has 0 saturated carbocycles. The number of hydrogen-bond donors (Lipinski definition) is 0. The van der Waals surface area contributed by atoms with Gasteiger partial charge in [0.1, 0.15) is 11.6 Å². The Morgan fingerprint density at radius 2 is 2.17 bits per heavy atom. The van der Waals surface area contributed by atoms with Crippen LogP contribution in [0.1, 0.15) is 9.67 Å². The molecule has 0 fully saturated rings. The van der Waals surface area contributed by atoms with E-state index in [0.29, 0.717) is 19.4 Å². The minimum absolute atomic E-state index is 0.102. The van der Waals surface area contributed by atoms with Gasteiger partial charge in [0, 0.05) is 0 Å². The van der Waals surface area contributed by atoms with E-state index in [1.165, 1.54) is 29.5 Å². The summed E-state index contributed by atoms with van der Waals surface area (Å²) >= 11 is 9.99. The molecule has 0 atom stereocenters. The topological polar surface area (TPSA) is 26.3 Å². The first-order valence-electron chi connectivity index (χ1n) is 4.92. The van der Waals surface area contributed by atoms with Crippen molar-refractivity contribution in [3.05, 3.63) is 49.8 Å². The fraction of sp³-hybridized carbons (Fsp3) is 0.0833. The van der Waals surface area contributed by atoms with Crippen LogP contribution in [0.2, 0.25) is 4.34 Å². The summed E-state index contributed by atoms with van der Waals surface area (Å²) < 4.78 is 19.1. The van der Waals surface area contributed by atoms with Gasteiger partial charge in [-0.05, 0) is 46.3 Å². The fourth-order valence-corrected chi connectivity index (χ4v) is 2.58. The molecule has 0 aliphatic rings. The maximum Gasteiger partial charge on any atom is 0.210 e. The van der Waals surface area contributed by atoms with Crippen molar-refractivity contribution >= 4 is 44.7 Å². The molecule has 0 amide bonds. The molecular formula is C12H7BrClFO2S. The normalized spacial score (nSPS) is 10.4. The zero-order chi connectivity index (χ0) is 13.1. The molecule has 94 valence electrons. The van der Waals surface area contributed by atoms with Crippen molar-refractivity contribution in [3.8, 4) is 5.75 Å². The van der Waals surface area contributed by atoms with E-state index in [4.69, 9.17) is 16.3 Å². The van der Waals surface area contributed by atoms with Crippen LogP contribution in [0.3, 0.4) is 0 Å². The van der Waals surface area contributed by atoms with E-state index in [0.717, 1.165) is 0 Å². The third kappa shape index (κ3) is 3.31. The van der Waals surface area contributed by atoms with E-state index in [2.05, 4.69) is 15.9 Å². The number of hydrogen-bond acceptors (Lipinski definition) is 3. The van der Waals surface area contributed by atoms with E-state index in [-0.39, 0.29) is 18.2 Å². The molecule has 1 heterocycles. The van der Waals surface area contributed by atoms with E-state index < -0.39 is 0 Å². The van der Waals surface area contributed by atoms with Crippen LogP contribution >= 0.6 is 38.9 Å². The Hall–Kier alpha value is -0.910. The number of carbonyl (C=O) groups excluding carboxylic acids is 1. The largest absolute Gasteiger partial charge is 0.485 e. The molecule has 2 aromatic rings. The van der Waals surface area contributed by atoms with E-state index >= 15 is 0 Å². The standard InChI is InChI=1S/C12H7BrClFO2S/c13-8-5-7(1-2-9(8)15)17-6-10(16)11-3-4-12(14)18-11/h1-5H,6H2. The van der Waals surface area contributed by atoms with Crippen molar-refractivity contribution in [2.75, 3.05) is 6.61 Å². The van der Waals surface area contributed by atoms with Crippen molar-refractivity contribution in [1.29, 1.82) is 0 Å². The highest BCUT2D eigenvalue weighted by Crippen LogP contribution is 2.24. The minimum atomic E-state index is -0.376. The monoisotopic (exact) mass is 348 g/mol. The first-order valence-corrected chi connectivity index (χ1v) is 6.91. The molecule has 1 aromatic carbocycles. The van der Waals surface area contributed by atoms with Crippen molar-refractivity contribution in [1.82, 2.24) is 0 Å². The Morgan fingerprint density at radius 1 is 1.39 bits per heavy atom. The van der Waals surface area contributed by atoms with Crippen LogP contribution in [0, 0.1) is 5.82 Å². The Balaban J connectivity index is 1.99. The second-order valence-electron chi connectivity index (χ2n) is 3.39. The lowest BCUT2D eigenvalue weighted by Gasteiger charge is -2.05. The Bertz CT molecular complexity index is 585. The van der Waals surface area contributed by atoms with Gasteiger partial charge in [0.15, 0.2) is 6.61 Å². The third-order valence-corrected chi connectivity index (χ3v) is 3.99. The molecule has 0 saturated heterocycles. The number of halogens is 3. The van der Waals surface area contributed by atoms with E-state index in [1.54, 1.807) is 12.1 Å². The molecule has 18 heavy (non-hydrogen) atoms. The number of Topliss-reactive ketones (excluding diaryl/α,β-unsaturated/α-hetero) is 1. The van der Waals surface area contributed by atoms with Gasteiger partial charge < -0.3 is 4.74 Å². The molecule has 0 aliphatic carbocycles. The van der Waals surface area contributed by atoms with Crippen LogP contribution in [-0.2, 0) is 0 Å². The molecule has 2 rings (SSSR count). The smallest absolute Gasteiger partial charge is 0.210 e. The lowest BCUT2D eigenvalue weighted by atomic mass is 10.3. The predicted molar refractivity (Wildman–Crippen MR) is 73.3 cm³/mol. The van der Waals surface area contributed by atoms with Crippen LogP contribution in [0.5, 0.6) is 5.75 Å². The van der Waals surface area contributed by atoms with Gasteiger partial charge in [-0.25, -0.2) is 4.39 Å².